The lowest BCUT2D eigenvalue weighted by atomic mass is 9.97. The molecule has 1 aromatic carbocycles. The molecule has 8 nitrogen and oxygen atoms in total. The van der Waals surface area contributed by atoms with Crippen molar-refractivity contribution in [1.82, 2.24) is 5.32 Å². The van der Waals surface area contributed by atoms with E-state index in [4.69, 9.17) is 15.2 Å². The number of nitrogens with two attached hydrogens (primary N) is 1. The van der Waals surface area contributed by atoms with Gasteiger partial charge >= 0.3 is 5.97 Å². The second kappa shape index (κ2) is 15.9. The van der Waals surface area contributed by atoms with Crippen LogP contribution in [0.4, 0.5) is 0 Å². The number of carbonyl (C=O) groups is 2. The van der Waals surface area contributed by atoms with Gasteiger partial charge in [-0.2, -0.15) is 0 Å². The number of aliphatic carboxylic acids is 1. The topological polar surface area (TPSA) is 123 Å². The molecule has 38 heavy (non-hydrogen) atoms. The Morgan fingerprint density at radius 1 is 1.24 bits per heavy atom. The number of benzene rings is 1. The third kappa shape index (κ3) is 12.1. The summed E-state index contributed by atoms with van der Waals surface area (Å²) in [7, 11) is 3.30. The molecule has 1 aliphatic heterocycles. The lowest BCUT2D eigenvalue weighted by molar-refractivity contribution is -0.139. The Hall–Kier alpha value is -1.59. The Kier molecular flexibility index (Phi) is 13.6. The molecule has 0 unspecified atom stereocenters. The van der Waals surface area contributed by atoms with Crippen LogP contribution in [0.2, 0.25) is 0 Å². The van der Waals surface area contributed by atoms with E-state index in [1.54, 1.807) is 28.5 Å². The zero-order valence-electron chi connectivity index (χ0n) is 23.5. The molecule has 1 amide bonds. The summed E-state index contributed by atoms with van der Waals surface area (Å²) in [5.41, 5.74) is 7.74. The molecular weight excluding hydrogens is 522 g/mol. The maximum absolute atomic E-state index is 12.6. The van der Waals surface area contributed by atoms with Gasteiger partial charge in [0.05, 0.1) is 24.9 Å². The van der Waals surface area contributed by atoms with Crippen LogP contribution in [0, 0.1) is 5.92 Å². The molecule has 1 aliphatic rings. The fraction of sp³-hybridized carbons (Fsp3) is 0.679. The largest absolute Gasteiger partial charge is 0.480 e. The summed E-state index contributed by atoms with van der Waals surface area (Å²) in [5, 5.41) is 12.6. The Balaban J connectivity index is 2.04. The predicted molar refractivity (Wildman–Crippen MR) is 158 cm³/mol. The second-order valence-corrected chi connectivity index (χ2v) is 14.3. The normalized spacial score (nSPS) is 22.2. The number of rotatable bonds is 14. The standard InChI is InChI=1S/C28H45N3O5S2/c1-18(2)14-23(27(33)34)31-19(3)25-24(35-16-20-10-8-7-9-11-20)13-12-21(36-25)15-30-26(32)22(29)17-37-38-28(4,5)6/h7-11,18,21-25H,12-17,29H2,1-6H3,(H,30,32)(H,33,34)/t21-,22-,23-,24-,25+/m0/s1. The SMILES string of the molecule is CC(=N[C@@H](CC(C)C)C(=O)O)[C@H]1O[C@H](CNC(=O)[C@@H](N)CSSC(C)(C)C)CC[C@@H]1OCc1ccccc1. The van der Waals surface area contributed by atoms with Crippen molar-refractivity contribution in [3.8, 4) is 0 Å². The zero-order valence-corrected chi connectivity index (χ0v) is 25.1. The lowest BCUT2D eigenvalue weighted by Gasteiger charge is -2.37. The van der Waals surface area contributed by atoms with Crippen LogP contribution in [-0.4, -0.2) is 70.1 Å². The monoisotopic (exact) mass is 567 g/mol. The van der Waals surface area contributed by atoms with Crippen LogP contribution in [0.1, 0.15) is 66.4 Å². The quantitative estimate of drug-likeness (QED) is 0.218. The van der Waals surface area contributed by atoms with Gasteiger partial charge in [-0.05, 0) is 37.7 Å². The molecule has 214 valence electrons. The molecule has 0 saturated carbocycles. The number of carboxylic acids is 1. The lowest BCUT2D eigenvalue weighted by Crippen LogP contribution is -2.50. The van der Waals surface area contributed by atoms with Gasteiger partial charge in [0.1, 0.15) is 12.1 Å². The summed E-state index contributed by atoms with van der Waals surface area (Å²) in [4.78, 5) is 29.0. The van der Waals surface area contributed by atoms with E-state index in [0.29, 0.717) is 43.9 Å². The summed E-state index contributed by atoms with van der Waals surface area (Å²) in [5.74, 6) is -0.439. The minimum absolute atomic E-state index is 0.0964. The highest BCUT2D eigenvalue weighted by Crippen LogP contribution is 2.35. The molecule has 0 radical (unpaired) electrons. The highest BCUT2D eigenvalue weighted by molar-refractivity contribution is 8.77. The smallest absolute Gasteiger partial charge is 0.328 e. The van der Waals surface area contributed by atoms with Gasteiger partial charge in [0.15, 0.2) is 0 Å². The van der Waals surface area contributed by atoms with Gasteiger partial charge in [0.25, 0.3) is 0 Å². The molecule has 1 heterocycles. The maximum atomic E-state index is 12.6. The zero-order chi connectivity index (χ0) is 28.3. The van der Waals surface area contributed by atoms with Crippen LogP contribution in [0.25, 0.3) is 0 Å². The van der Waals surface area contributed by atoms with Crippen LogP contribution in [-0.2, 0) is 25.7 Å². The van der Waals surface area contributed by atoms with Gasteiger partial charge in [-0.1, -0.05) is 86.5 Å². The van der Waals surface area contributed by atoms with Crippen molar-refractivity contribution in [1.29, 1.82) is 0 Å². The van der Waals surface area contributed by atoms with Gasteiger partial charge in [-0.25, -0.2) is 4.79 Å². The van der Waals surface area contributed by atoms with Crippen molar-refractivity contribution in [2.45, 2.75) is 103 Å². The van der Waals surface area contributed by atoms with Crippen molar-refractivity contribution in [3.63, 3.8) is 0 Å². The number of hydrogen-bond donors (Lipinski definition) is 3. The van der Waals surface area contributed by atoms with E-state index in [1.165, 1.54) is 0 Å². The van der Waals surface area contributed by atoms with Crippen LogP contribution >= 0.6 is 21.6 Å². The Labute approximate surface area is 235 Å². The highest BCUT2D eigenvalue weighted by atomic mass is 33.1. The molecule has 0 spiro atoms. The summed E-state index contributed by atoms with van der Waals surface area (Å²) >= 11 is 0. The molecule has 4 N–H and O–H groups in total. The number of aliphatic imine (C=N–C) groups is 1. The molecule has 1 saturated heterocycles. The Morgan fingerprint density at radius 3 is 2.53 bits per heavy atom. The van der Waals surface area contributed by atoms with Crippen LogP contribution in [0.15, 0.2) is 35.3 Å². The van der Waals surface area contributed by atoms with Crippen molar-refractivity contribution in [2.24, 2.45) is 16.6 Å². The van der Waals surface area contributed by atoms with Gasteiger partial charge in [0.2, 0.25) is 5.91 Å². The van der Waals surface area contributed by atoms with Gasteiger partial charge in [-0.15, -0.1) is 0 Å². The first-order valence-corrected chi connectivity index (χ1v) is 15.6. The van der Waals surface area contributed by atoms with E-state index in [0.717, 1.165) is 5.56 Å². The first-order valence-electron chi connectivity index (χ1n) is 13.3. The molecular formula is C28H45N3O5S2. The minimum atomic E-state index is -0.948. The number of amides is 1. The molecule has 1 fully saturated rings. The van der Waals surface area contributed by atoms with Gasteiger partial charge < -0.3 is 25.6 Å². The Bertz CT molecular complexity index is 908. The number of hydrogen-bond acceptors (Lipinski definition) is 8. The molecule has 0 bridgehead atoms. The van der Waals surface area contributed by atoms with Gasteiger partial charge in [0, 0.05) is 22.8 Å². The molecule has 1 aromatic rings. The third-order valence-electron chi connectivity index (χ3n) is 5.91. The summed E-state index contributed by atoms with van der Waals surface area (Å²) in [6, 6.07) is 8.45. The summed E-state index contributed by atoms with van der Waals surface area (Å²) in [6.07, 6.45) is 0.822. The number of ether oxygens (including phenoxy) is 2. The minimum Gasteiger partial charge on any atom is -0.480 e. The van der Waals surface area contributed by atoms with Crippen LogP contribution < -0.4 is 11.1 Å². The van der Waals surface area contributed by atoms with Crippen molar-refractivity contribution >= 4 is 39.2 Å². The average molecular weight is 568 g/mol. The number of carboxylic acid groups (broad SMARTS) is 1. The molecule has 2 rings (SSSR count). The van der Waals surface area contributed by atoms with Crippen LogP contribution in [0.3, 0.4) is 0 Å². The van der Waals surface area contributed by atoms with E-state index < -0.39 is 24.2 Å². The number of nitrogens with one attached hydrogen (secondary N) is 1. The summed E-state index contributed by atoms with van der Waals surface area (Å²) < 4.78 is 12.7. The maximum Gasteiger partial charge on any atom is 0.328 e. The van der Waals surface area contributed by atoms with E-state index in [9.17, 15) is 14.7 Å². The highest BCUT2D eigenvalue weighted by Gasteiger charge is 2.35. The van der Waals surface area contributed by atoms with E-state index >= 15 is 0 Å². The number of carbonyl (C=O) groups excluding carboxylic acids is 1. The summed E-state index contributed by atoms with van der Waals surface area (Å²) in [6.45, 7) is 12.9. The molecule has 10 heteroatoms. The molecule has 0 aromatic heterocycles. The molecule has 0 aliphatic carbocycles. The fourth-order valence-electron chi connectivity index (χ4n) is 4.01. The fourth-order valence-corrected chi connectivity index (χ4v) is 6.43. The number of nitrogens with zero attached hydrogens (tertiary/aromatic N) is 1. The predicted octanol–water partition coefficient (Wildman–Crippen LogP) is 4.70. The third-order valence-corrected chi connectivity index (χ3v) is 9.28. The Morgan fingerprint density at radius 2 is 1.92 bits per heavy atom. The van der Waals surface area contributed by atoms with Gasteiger partial charge in [-0.3, -0.25) is 9.79 Å². The molecule has 5 atom stereocenters. The van der Waals surface area contributed by atoms with Crippen LogP contribution in [0.5, 0.6) is 0 Å². The van der Waals surface area contributed by atoms with Crippen molar-refractivity contribution in [3.05, 3.63) is 35.9 Å². The van der Waals surface area contributed by atoms with E-state index in [1.807, 2.05) is 44.2 Å². The second-order valence-electron chi connectivity index (χ2n) is 11.2. The first-order chi connectivity index (χ1) is 17.9. The average Bonchev–Trinajstić information content (AvgIpc) is 2.85. The van der Waals surface area contributed by atoms with E-state index in [-0.39, 0.29) is 28.8 Å². The van der Waals surface area contributed by atoms with Crippen molar-refractivity contribution < 1.29 is 24.2 Å². The van der Waals surface area contributed by atoms with E-state index in [2.05, 4.69) is 31.1 Å². The van der Waals surface area contributed by atoms with Crippen molar-refractivity contribution in [2.75, 3.05) is 12.3 Å². The first kappa shape index (κ1) is 32.6.